The van der Waals surface area contributed by atoms with Crippen molar-refractivity contribution in [1.29, 1.82) is 0 Å². The zero-order chi connectivity index (χ0) is 23.2. The molecule has 0 radical (unpaired) electrons. The fourth-order valence-corrected chi connectivity index (χ4v) is 3.92. The molecule has 2 aromatic heterocycles. The van der Waals surface area contributed by atoms with Crippen LogP contribution in [0.3, 0.4) is 0 Å². The van der Waals surface area contributed by atoms with E-state index in [-0.39, 0.29) is 11.7 Å². The molecule has 0 unspecified atom stereocenters. The second-order valence-electron chi connectivity index (χ2n) is 8.84. The molecule has 1 N–H and O–H groups in total. The van der Waals surface area contributed by atoms with Gasteiger partial charge in [0.25, 0.3) is 11.8 Å². The molecule has 1 aliphatic carbocycles. The van der Waals surface area contributed by atoms with E-state index in [4.69, 9.17) is 0 Å². The van der Waals surface area contributed by atoms with E-state index in [9.17, 15) is 9.59 Å². The number of fused-ring (bicyclic) bond motifs is 1. The Balaban J connectivity index is 1.30. The molecule has 1 saturated carbocycles. The highest BCUT2D eigenvalue weighted by Crippen LogP contribution is 2.33. The quantitative estimate of drug-likeness (QED) is 0.560. The number of likely N-dealkylation sites (N-methyl/N-ethyl adjacent to an activating group) is 1. The topological polar surface area (TPSA) is 97.9 Å². The smallest absolute Gasteiger partial charge is 0.291 e. The maximum absolute atomic E-state index is 13.0. The van der Waals surface area contributed by atoms with Crippen molar-refractivity contribution in [3.63, 3.8) is 0 Å². The van der Waals surface area contributed by atoms with Gasteiger partial charge in [0.05, 0.1) is 5.69 Å². The molecular weight excluding hydrogens is 418 g/mol. The van der Waals surface area contributed by atoms with Crippen LogP contribution < -0.4 is 10.2 Å². The van der Waals surface area contributed by atoms with Crippen LogP contribution in [0.4, 0.5) is 5.82 Å². The van der Waals surface area contributed by atoms with Crippen molar-refractivity contribution in [3.8, 4) is 0 Å². The minimum Gasteiger partial charge on any atom is -0.337 e. The second kappa shape index (κ2) is 10.6. The van der Waals surface area contributed by atoms with Gasteiger partial charge in [0.15, 0.2) is 0 Å². The van der Waals surface area contributed by atoms with E-state index in [1.165, 1.54) is 12.8 Å². The predicted octanol–water partition coefficient (Wildman–Crippen LogP) is 2.89. The van der Waals surface area contributed by atoms with Crippen molar-refractivity contribution < 1.29 is 9.59 Å². The molecule has 0 saturated heterocycles. The first-order chi connectivity index (χ1) is 16.0. The van der Waals surface area contributed by atoms with Crippen LogP contribution in [0.2, 0.25) is 0 Å². The Morgan fingerprint density at radius 1 is 1.18 bits per heavy atom. The molecule has 3 heterocycles. The zero-order valence-electron chi connectivity index (χ0n) is 19.5. The van der Waals surface area contributed by atoms with E-state index in [1.54, 1.807) is 23.0 Å². The van der Waals surface area contributed by atoms with Crippen molar-refractivity contribution >= 4 is 17.6 Å². The minimum absolute atomic E-state index is 0.0750. The van der Waals surface area contributed by atoms with E-state index in [2.05, 4.69) is 39.6 Å². The highest BCUT2D eigenvalue weighted by molar-refractivity contribution is 6.00. The number of anilines is 1. The van der Waals surface area contributed by atoms with Crippen LogP contribution in [-0.2, 0) is 24.3 Å². The standard InChI is InChI=1S/C24H33N7O2/c1-3-4-5-6-7-8-9-13-30-17-25-22(28-30)23(32)26-20-12-14-31-21(29(2)24(20)33)16-19(27-31)15-18-10-11-18/h5-8,16-18,20H,3-4,9-15H2,1-2H3,(H,26,32)/b6-5-,8-7-/t20-/m0/s1. The molecule has 1 atom stereocenters. The number of rotatable bonds is 10. The average molecular weight is 452 g/mol. The van der Waals surface area contributed by atoms with Gasteiger partial charge in [0, 0.05) is 26.2 Å². The largest absolute Gasteiger partial charge is 0.337 e. The predicted molar refractivity (Wildman–Crippen MR) is 126 cm³/mol. The molecule has 176 valence electrons. The van der Waals surface area contributed by atoms with Crippen LogP contribution in [0.15, 0.2) is 36.7 Å². The first-order valence-electron chi connectivity index (χ1n) is 11.9. The summed E-state index contributed by atoms with van der Waals surface area (Å²) < 4.78 is 3.52. The Morgan fingerprint density at radius 3 is 2.73 bits per heavy atom. The lowest BCUT2D eigenvalue weighted by atomic mass is 10.2. The summed E-state index contributed by atoms with van der Waals surface area (Å²) in [4.78, 5) is 31.4. The maximum atomic E-state index is 13.0. The number of hydrogen-bond acceptors (Lipinski definition) is 5. The first kappa shape index (κ1) is 22.9. The van der Waals surface area contributed by atoms with Gasteiger partial charge in [0.2, 0.25) is 5.82 Å². The Morgan fingerprint density at radius 2 is 1.97 bits per heavy atom. The van der Waals surface area contributed by atoms with Crippen molar-refractivity contribution in [2.45, 2.75) is 71.0 Å². The summed E-state index contributed by atoms with van der Waals surface area (Å²) in [6.45, 7) is 3.35. The molecule has 1 aliphatic heterocycles. The number of amides is 2. The molecule has 0 aromatic carbocycles. The van der Waals surface area contributed by atoms with E-state index in [0.717, 1.165) is 43.1 Å². The SMILES string of the molecule is CCC/C=C\C=C/CCn1cnc(C(=O)N[C@H]2CCn3nc(CC4CC4)cc3N(C)C2=O)n1. The summed E-state index contributed by atoms with van der Waals surface area (Å²) >= 11 is 0. The molecule has 0 spiro atoms. The zero-order valence-corrected chi connectivity index (χ0v) is 19.5. The number of hydrogen-bond donors (Lipinski definition) is 1. The Bertz CT molecular complexity index is 1030. The Labute approximate surface area is 194 Å². The van der Waals surface area contributed by atoms with Gasteiger partial charge in [0.1, 0.15) is 18.2 Å². The molecule has 9 nitrogen and oxygen atoms in total. The number of nitrogens with one attached hydrogen (secondary N) is 1. The highest BCUT2D eigenvalue weighted by atomic mass is 16.2. The van der Waals surface area contributed by atoms with E-state index >= 15 is 0 Å². The van der Waals surface area contributed by atoms with Gasteiger partial charge in [-0.1, -0.05) is 37.6 Å². The Hall–Kier alpha value is -3.23. The number of nitrogens with zero attached hydrogens (tertiary/aromatic N) is 6. The summed E-state index contributed by atoms with van der Waals surface area (Å²) in [5.74, 6) is 1.01. The van der Waals surface area contributed by atoms with Crippen LogP contribution in [0, 0.1) is 5.92 Å². The number of allylic oxidation sites excluding steroid dienone is 4. The van der Waals surface area contributed by atoms with Crippen molar-refractivity contribution in [3.05, 3.63) is 48.2 Å². The molecule has 2 aliphatic rings. The lowest BCUT2D eigenvalue weighted by molar-refractivity contribution is -0.120. The number of unbranched alkanes of at least 4 members (excludes halogenated alkanes) is 1. The lowest BCUT2D eigenvalue weighted by Crippen LogP contribution is -2.47. The van der Waals surface area contributed by atoms with Crippen molar-refractivity contribution in [1.82, 2.24) is 29.9 Å². The third kappa shape index (κ3) is 5.97. The summed E-state index contributed by atoms with van der Waals surface area (Å²) in [5, 5.41) is 11.8. The molecule has 33 heavy (non-hydrogen) atoms. The normalized spacial score (nSPS) is 18.8. The van der Waals surface area contributed by atoms with Gasteiger partial charge in [-0.05, 0) is 44.4 Å². The van der Waals surface area contributed by atoms with Crippen LogP contribution in [-0.4, -0.2) is 49.4 Å². The summed E-state index contributed by atoms with van der Waals surface area (Å²) in [6, 6.07) is 1.36. The molecule has 9 heteroatoms. The van der Waals surface area contributed by atoms with Crippen molar-refractivity contribution in [2.75, 3.05) is 11.9 Å². The van der Waals surface area contributed by atoms with Gasteiger partial charge >= 0.3 is 0 Å². The van der Waals surface area contributed by atoms with Gasteiger partial charge < -0.3 is 5.32 Å². The minimum atomic E-state index is -0.638. The van der Waals surface area contributed by atoms with Crippen LogP contribution in [0.25, 0.3) is 0 Å². The van der Waals surface area contributed by atoms with Gasteiger partial charge in [-0.25, -0.2) is 9.67 Å². The lowest BCUT2D eigenvalue weighted by Gasteiger charge is -2.19. The van der Waals surface area contributed by atoms with E-state index < -0.39 is 11.9 Å². The van der Waals surface area contributed by atoms with E-state index in [1.807, 2.05) is 22.9 Å². The maximum Gasteiger partial charge on any atom is 0.291 e. The first-order valence-corrected chi connectivity index (χ1v) is 11.9. The number of carbonyl (C=O) groups excluding carboxylic acids is 2. The molecule has 4 rings (SSSR count). The van der Waals surface area contributed by atoms with Crippen LogP contribution in [0.1, 0.15) is 61.8 Å². The molecule has 1 fully saturated rings. The number of aromatic nitrogens is 5. The Kier molecular flexibility index (Phi) is 7.36. The van der Waals surface area contributed by atoms with Crippen LogP contribution in [0.5, 0.6) is 0 Å². The average Bonchev–Trinajstić information content (AvgIpc) is 3.36. The number of aryl methyl sites for hydroxylation is 2. The third-order valence-corrected chi connectivity index (χ3v) is 6.01. The summed E-state index contributed by atoms with van der Waals surface area (Å²) in [5.41, 5.74) is 1.04. The fraction of sp³-hybridized carbons (Fsp3) is 0.542. The molecule has 2 aromatic rings. The van der Waals surface area contributed by atoms with Crippen molar-refractivity contribution in [2.24, 2.45) is 5.92 Å². The van der Waals surface area contributed by atoms with Gasteiger partial charge in [-0.15, -0.1) is 5.10 Å². The molecule has 2 amide bonds. The summed E-state index contributed by atoms with van der Waals surface area (Å²) in [7, 11) is 1.74. The third-order valence-electron chi connectivity index (χ3n) is 6.01. The van der Waals surface area contributed by atoms with Gasteiger partial charge in [-0.3, -0.25) is 19.2 Å². The van der Waals surface area contributed by atoms with Crippen LogP contribution >= 0.6 is 0 Å². The van der Waals surface area contributed by atoms with Gasteiger partial charge in [-0.2, -0.15) is 5.10 Å². The van der Waals surface area contributed by atoms with E-state index in [0.29, 0.717) is 19.5 Å². The molecular formula is C24H33N7O2. The highest BCUT2D eigenvalue weighted by Gasteiger charge is 2.32. The monoisotopic (exact) mass is 451 g/mol. The second-order valence-corrected chi connectivity index (χ2v) is 8.84. The fourth-order valence-electron chi connectivity index (χ4n) is 3.92. The molecule has 0 bridgehead atoms. The number of carbonyl (C=O) groups is 2. The summed E-state index contributed by atoms with van der Waals surface area (Å²) in [6.07, 6.45) is 16.8.